The lowest BCUT2D eigenvalue weighted by Gasteiger charge is -2.33. The number of nitrogens with zero attached hydrogens (tertiary/aromatic N) is 3. The number of anilines is 2. The molecule has 10 heteroatoms. The van der Waals surface area contributed by atoms with Crippen molar-refractivity contribution < 1.29 is 14.0 Å². The average molecular weight is 510 g/mol. The van der Waals surface area contributed by atoms with E-state index in [1.54, 1.807) is 24.3 Å². The van der Waals surface area contributed by atoms with Crippen LogP contribution < -0.4 is 10.6 Å². The van der Waals surface area contributed by atoms with Crippen molar-refractivity contribution in [2.75, 3.05) is 16.4 Å². The molecular formula is C25H27N5O3S2. The molecule has 2 aromatic heterocycles. The molecule has 0 saturated carbocycles. The van der Waals surface area contributed by atoms with Gasteiger partial charge in [-0.05, 0) is 60.4 Å². The highest BCUT2D eigenvalue weighted by Crippen LogP contribution is 2.44. The molecule has 182 valence electrons. The number of thiophene rings is 1. The summed E-state index contributed by atoms with van der Waals surface area (Å²) >= 11 is 2.66. The number of aromatic nitrogens is 2. The van der Waals surface area contributed by atoms with E-state index < -0.39 is 0 Å². The Morgan fingerprint density at radius 3 is 2.63 bits per heavy atom. The molecule has 2 heterocycles. The first kappa shape index (κ1) is 24.9. The molecule has 0 unspecified atom stereocenters. The summed E-state index contributed by atoms with van der Waals surface area (Å²) in [5, 5.41) is 24.3. The number of carbonyl (C=O) groups excluding carboxylic acids is 2. The molecule has 2 N–H and O–H groups in total. The van der Waals surface area contributed by atoms with E-state index in [-0.39, 0.29) is 28.2 Å². The van der Waals surface area contributed by atoms with Gasteiger partial charge in [0.15, 0.2) is 0 Å². The number of hydrogen-bond acceptors (Lipinski definition) is 8. The van der Waals surface area contributed by atoms with E-state index in [2.05, 4.69) is 47.7 Å². The SMILES string of the molecule is CC(=O)Nc1ccc(-c2nnc(SCC(=O)Nc3sc4c(c3C#N)CC[C@@H](C(C)(C)C)C4)o2)cc1. The molecule has 1 aliphatic carbocycles. The Kier molecular flexibility index (Phi) is 7.28. The molecule has 35 heavy (non-hydrogen) atoms. The van der Waals surface area contributed by atoms with Crippen LogP contribution in [-0.2, 0) is 22.4 Å². The minimum absolute atomic E-state index is 0.0845. The highest BCUT2D eigenvalue weighted by atomic mass is 32.2. The van der Waals surface area contributed by atoms with Gasteiger partial charge in [-0.3, -0.25) is 9.59 Å². The summed E-state index contributed by atoms with van der Waals surface area (Å²) in [5.74, 6) is 0.602. The van der Waals surface area contributed by atoms with Crippen LogP contribution in [0.2, 0.25) is 0 Å². The molecule has 1 aliphatic rings. The Hall–Kier alpha value is -3.16. The lowest BCUT2D eigenvalue weighted by Crippen LogP contribution is -2.26. The van der Waals surface area contributed by atoms with Gasteiger partial charge in [-0.2, -0.15) is 5.26 Å². The molecule has 0 radical (unpaired) electrons. The van der Waals surface area contributed by atoms with E-state index in [1.165, 1.54) is 23.1 Å². The molecule has 3 aromatic rings. The van der Waals surface area contributed by atoms with E-state index >= 15 is 0 Å². The highest BCUT2D eigenvalue weighted by molar-refractivity contribution is 7.99. The van der Waals surface area contributed by atoms with Crippen LogP contribution in [-0.4, -0.2) is 27.8 Å². The number of fused-ring (bicyclic) bond motifs is 1. The first-order valence-corrected chi connectivity index (χ1v) is 13.1. The van der Waals surface area contributed by atoms with Gasteiger partial charge in [0.1, 0.15) is 11.1 Å². The Balaban J connectivity index is 1.37. The quantitative estimate of drug-likeness (QED) is 0.420. The largest absolute Gasteiger partial charge is 0.411 e. The van der Waals surface area contributed by atoms with Gasteiger partial charge in [0, 0.05) is 23.1 Å². The first-order chi connectivity index (χ1) is 16.6. The Bertz CT molecular complexity index is 1280. The van der Waals surface area contributed by atoms with Gasteiger partial charge in [0.25, 0.3) is 5.22 Å². The molecule has 1 aromatic carbocycles. The van der Waals surface area contributed by atoms with E-state index in [0.29, 0.717) is 33.6 Å². The summed E-state index contributed by atoms with van der Waals surface area (Å²) in [6, 6.07) is 9.33. The molecule has 4 rings (SSSR count). The van der Waals surface area contributed by atoms with Crippen LogP contribution >= 0.6 is 23.1 Å². The van der Waals surface area contributed by atoms with Gasteiger partial charge >= 0.3 is 0 Å². The third-order valence-electron chi connectivity index (χ3n) is 6.04. The second-order valence-corrected chi connectivity index (χ2v) is 11.6. The first-order valence-electron chi connectivity index (χ1n) is 11.3. The van der Waals surface area contributed by atoms with Crippen LogP contribution in [0.3, 0.4) is 0 Å². The van der Waals surface area contributed by atoms with Crippen LogP contribution in [0.15, 0.2) is 33.9 Å². The van der Waals surface area contributed by atoms with Gasteiger partial charge in [-0.1, -0.05) is 32.5 Å². The van der Waals surface area contributed by atoms with Gasteiger partial charge in [0.2, 0.25) is 17.7 Å². The molecule has 0 fully saturated rings. The maximum absolute atomic E-state index is 12.6. The lowest BCUT2D eigenvalue weighted by molar-refractivity contribution is -0.114. The van der Waals surface area contributed by atoms with Crippen molar-refractivity contribution >= 4 is 45.6 Å². The van der Waals surface area contributed by atoms with E-state index in [4.69, 9.17) is 4.42 Å². The molecular weight excluding hydrogens is 482 g/mol. The minimum Gasteiger partial charge on any atom is -0.411 e. The van der Waals surface area contributed by atoms with Crippen molar-refractivity contribution in [1.82, 2.24) is 10.2 Å². The number of amides is 2. The number of rotatable bonds is 6. The maximum atomic E-state index is 12.6. The van der Waals surface area contributed by atoms with E-state index in [0.717, 1.165) is 36.6 Å². The third kappa shape index (κ3) is 5.92. The van der Waals surface area contributed by atoms with Gasteiger partial charge in [-0.15, -0.1) is 21.5 Å². The number of nitrogens with one attached hydrogen (secondary N) is 2. The van der Waals surface area contributed by atoms with Gasteiger partial charge in [0.05, 0.1) is 11.3 Å². The molecule has 8 nitrogen and oxygen atoms in total. The molecule has 1 atom stereocenters. The monoisotopic (exact) mass is 509 g/mol. The van der Waals surface area contributed by atoms with Gasteiger partial charge < -0.3 is 15.1 Å². The van der Waals surface area contributed by atoms with Crippen molar-refractivity contribution in [3.8, 4) is 17.5 Å². The fourth-order valence-corrected chi connectivity index (χ4v) is 5.96. The van der Waals surface area contributed by atoms with Crippen LogP contribution in [0.4, 0.5) is 10.7 Å². The van der Waals surface area contributed by atoms with Crippen LogP contribution in [0.25, 0.3) is 11.5 Å². The van der Waals surface area contributed by atoms with Crippen molar-refractivity contribution in [3.05, 3.63) is 40.3 Å². The van der Waals surface area contributed by atoms with Gasteiger partial charge in [-0.25, -0.2) is 0 Å². The molecule has 0 bridgehead atoms. The Morgan fingerprint density at radius 2 is 1.97 bits per heavy atom. The summed E-state index contributed by atoms with van der Waals surface area (Å²) in [6.07, 6.45) is 2.87. The zero-order valence-corrected chi connectivity index (χ0v) is 21.7. The van der Waals surface area contributed by atoms with Crippen molar-refractivity contribution in [3.63, 3.8) is 0 Å². The molecule has 0 saturated heterocycles. The van der Waals surface area contributed by atoms with Crippen molar-refractivity contribution in [1.29, 1.82) is 5.26 Å². The smallest absolute Gasteiger partial charge is 0.277 e. The number of hydrogen-bond donors (Lipinski definition) is 2. The Labute approximate surface area is 212 Å². The predicted molar refractivity (Wildman–Crippen MR) is 137 cm³/mol. The molecule has 0 aliphatic heterocycles. The second kappa shape index (κ2) is 10.2. The average Bonchev–Trinajstić information content (AvgIpc) is 3.41. The van der Waals surface area contributed by atoms with Crippen LogP contribution in [0, 0.1) is 22.7 Å². The number of nitriles is 1. The van der Waals surface area contributed by atoms with Crippen molar-refractivity contribution in [2.45, 2.75) is 52.2 Å². The normalized spacial score (nSPS) is 15.2. The maximum Gasteiger partial charge on any atom is 0.277 e. The topological polar surface area (TPSA) is 121 Å². The summed E-state index contributed by atoms with van der Waals surface area (Å²) in [7, 11) is 0. The zero-order chi connectivity index (χ0) is 25.2. The lowest BCUT2D eigenvalue weighted by atomic mass is 9.72. The predicted octanol–water partition coefficient (Wildman–Crippen LogP) is 5.51. The molecule has 0 spiro atoms. The zero-order valence-electron chi connectivity index (χ0n) is 20.1. The summed E-state index contributed by atoms with van der Waals surface area (Å²) < 4.78 is 5.67. The summed E-state index contributed by atoms with van der Waals surface area (Å²) in [4.78, 5) is 25.0. The standard InChI is InChI=1S/C25H27N5O3S2/c1-14(31)27-17-8-5-15(6-9-17)22-29-30-24(33-22)34-13-21(32)28-23-19(12-26)18-10-7-16(25(2,3)4)11-20(18)35-23/h5-6,8-9,16H,7,10-11,13H2,1-4H3,(H,27,31)(H,28,32)/t16-/m1/s1. The second-order valence-electron chi connectivity index (χ2n) is 9.59. The fraction of sp³-hybridized carbons (Fsp3) is 0.400. The summed E-state index contributed by atoms with van der Waals surface area (Å²) in [5.41, 5.74) is 3.28. The number of carbonyl (C=O) groups is 2. The van der Waals surface area contributed by atoms with Crippen molar-refractivity contribution in [2.24, 2.45) is 11.3 Å². The molecule has 2 amide bonds. The Morgan fingerprint density at radius 1 is 1.23 bits per heavy atom. The summed E-state index contributed by atoms with van der Waals surface area (Å²) in [6.45, 7) is 8.21. The van der Waals surface area contributed by atoms with Crippen LogP contribution in [0.1, 0.15) is 50.1 Å². The van der Waals surface area contributed by atoms with E-state index in [9.17, 15) is 14.9 Å². The number of benzene rings is 1. The highest BCUT2D eigenvalue weighted by Gasteiger charge is 2.32. The third-order valence-corrected chi connectivity index (χ3v) is 8.03. The number of thioether (sulfide) groups is 1. The van der Waals surface area contributed by atoms with E-state index in [1.807, 2.05) is 0 Å². The fourth-order valence-electron chi connectivity index (χ4n) is 4.11. The minimum atomic E-state index is -0.225. The van der Waals surface area contributed by atoms with Crippen LogP contribution in [0.5, 0.6) is 0 Å².